The molecule has 5 nitrogen and oxygen atoms in total. The maximum Gasteiger partial charge on any atom is 0.220 e. The zero-order valence-electron chi connectivity index (χ0n) is 16.3. The number of rotatable bonds is 7. The molecule has 0 atom stereocenters. The van der Waals surface area contributed by atoms with Gasteiger partial charge in [0.25, 0.3) is 0 Å². The Kier molecular flexibility index (Phi) is 6.47. The largest absolute Gasteiger partial charge is 0.490 e. The second-order valence-corrected chi connectivity index (χ2v) is 8.64. The first-order valence-electron chi connectivity index (χ1n) is 10.4. The topological polar surface area (TPSA) is 60.5 Å². The Labute approximate surface area is 170 Å². The van der Waals surface area contributed by atoms with Crippen LogP contribution in [0.15, 0.2) is 18.2 Å². The van der Waals surface area contributed by atoms with E-state index in [1.54, 1.807) is 0 Å². The maximum absolute atomic E-state index is 12.2. The molecule has 1 aliphatic heterocycles. The summed E-state index contributed by atoms with van der Waals surface area (Å²) in [5.74, 6) is 1.70. The molecular formula is C22H28N2O3S. The first-order valence-corrected chi connectivity index (χ1v) is 11.2. The van der Waals surface area contributed by atoms with Crippen LogP contribution >= 0.6 is 11.3 Å². The van der Waals surface area contributed by atoms with Crippen LogP contribution in [0, 0.1) is 0 Å². The van der Waals surface area contributed by atoms with Crippen LogP contribution in [0.5, 0.6) is 11.5 Å². The number of benzene rings is 1. The highest BCUT2D eigenvalue weighted by Crippen LogP contribution is 2.31. The van der Waals surface area contributed by atoms with Gasteiger partial charge in [-0.1, -0.05) is 6.07 Å². The summed E-state index contributed by atoms with van der Waals surface area (Å²) in [6.45, 7) is 2.08. The summed E-state index contributed by atoms with van der Waals surface area (Å²) in [5.41, 5.74) is 2.43. The highest BCUT2D eigenvalue weighted by molar-refractivity contribution is 7.11. The molecule has 2 heterocycles. The molecule has 28 heavy (non-hydrogen) atoms. The molecule has 4 rings (SSSR count). The lowest BCUT2D eigenvalue weighted by Gasteiger charge is -2.09. The number of hydrogen-bond acceptors (Lipinski definition) is 5. The van der Waals surface area contributed by atoms with Crippen molar-refractivity contribution in [2.75, 3.05) is 19.8 Å². The van der Waals surface area contributed by atoms with Gasteiger partial charge in [-0.25, -0.2) is 4.98 Å². The first-order chi connectivity index (χ1) is 13.8. The molecule has 0 saturated heterocycles. The summed E-state index contributed by atoms with van der Waals surface area (Å²) >= 11 is 1.87. The number of nitrogens with zero attached hydrogens (tertiary/aromatic N) is 1. The fourth-order valence-electron chi connectivity index (χ4n) is 3.69. The number of nitrogens with one attached hydrogen (secondary N) is 1. The van der Waals surface area contributed by atoms with E-state index in [4.69, 9.17) is 14.5 Å². The lowest BCUT2D eigenvalue weighted by Crippen LogP contribution is -2.25. The van der Waals surface area contributed by atoms with E-state index in [2.05, 4.69) is 5.32 Å². The molecule has 0 fully saturated rings. The van der Waals surface area contributed by atoms with Gasteiger partial charge in [0.05, 0.1) is 23.9 Å². The SMILES string of the molecule is O=C(CCc1ccc2c(c1)OCCCO2)NCCCc1nc2c(s1)CCCC2. The van der Waals surface area contributed by atoms with Crippen molar-refractivity contribution in [2.24, 2.45) is 0 Å². The predicted octanol–water partition coefficient (Wildman–Crippen LogP) is 3.86. The number of aromatic nitrogens is 1. The summed E-state index contributed by atoms with van der Waals surface area (Å²) in [7, 11) is 0. The molecular weight excluding hydrogens is 372 g/mol. The Morgan fingerprint density at radius 1 is 1.07 bits per heavy atom. The van der Waals surface area contributed by atoms with E-state index in [0.717, 1.165) is 42.7 Å². The Morgan fingerprint density at radius 3 is 2.82 bits per heavy atom. The Bertz CT molecular complexity index is 795. The van der Waals surface area contributed by atoms with Gasteiger partial charge in [0, 0.05) is 30.7 Å². The quantitative estimate of drug-likeness (QED) is 0.717. The molecule has 0 radical (unpaired) electrons. The van der Waals surface area contributed by atoms with Crippen molar-refractivity contribution in [3.63, 3.8) is 0 Å². The second kappa shape index (κ2) is 9.41. The van der Waals surface area contributed by atoms with Gasteiger partial charge in [-0.05, 0) is 56.2 Å². The zero-order chi connectivity index (χ0) is 19.2. The molecule has 2 aromatic rings. The van der Waals surface area contributed by atoms with Gasteiger partial charge in [-0.3, -0.25) is 4.79 Å². The van der Waals surface area contributed by atoms with E-state index in [9.17, 15) is 4.79 Å². The van der Waals surface area contributed by atoms with Crippen molar-refractivity contribution >= 4 is 17.2 Å². The standard InChI is InChI=1S/C22H28N2O3S/c25-21(11-9-16-8-10-18-19(15-16)27-14-4-13-26-18)23-12-3-7-22-24-17-5-1-2-6-20(17)28-22/h8,10,15H,1-7,9,11-14H2,(H,23,25). The number of ether oxygens (including phenoxy) is 2. The van der Waals surface area contributed by atoms with Crippen molar-refractivity contribution in [3.05, 3.63) is 39.3 Å². The number of amides is 1. The van der Waals surface area contributed by atoms with Crippen LogP contribution in [-0.4, -0.2) is 30.6 Å². The Balaban J connectivity index is 1.17. The summed E-state index contributed by atoms with van der Waals surface area (Å²) < 4.78 is 11.4. The molecule has 6 heteroatoms. The molecule has 0 bridgehead atoms. The van der Waals surface area contributed by atoms with Crippen molar-refractivity contribution < 1.29 is 14.3 Å². The molecule has 0 saturated carbocycles. The number of hydrogen-bond donors (Lipinski definition) is 1. The van der Waals surface area contributed by atoms with Crippen LogP contribution in [0.1, 0.15) is 53.2 Å². The summed E-state index contributed by atoms with van der Waals surface area (Å²) in [4.78, 5) is 18.4. The fourth-order valence-corrected chi connectivity index (χ4v) is 4.89. The molecule has 1 aliphatic carbocycles. The Hall–Kier alpha value is -2.08. The van der Waals surface area contributed by atoms with Crippen molar-refractivity contribution in [1.29, 1.82) is 0 Å². The van der Waals surface area contributed by atoms with Crippen LogP contribution < -0.4 is 14.8 Å². The van der Waals surface area contributed by atoms with E-state index in [1.807, 2.05) is 29.5 Å². The molecule has 150 valence electrons. The van der Waals surface area contributed by atoms with E-state index in [0.29, 0.717) is 32.6 Å². The smallest absolute Gasteiger partial charge is 0.220 e. The van der Waals surface area contributed by atoms with Gasteiger partial charge in [-0.2, -0.15) is 0 Å². The minimum absolute atomic E-state index is 0.102. The molecule has 1 amide bonds. The third-order valence-electron chi connectivity index (χ3n) is 5.23. The first kappa shape index (κ1) is 19.2. The van der Waals surface area contributed by atoms with Crippen LogP contribution in [-0.2, 0) is 30.5 Å². The summed E-state index contributed by atoms with van der Waals surface area (Å²) in [5, 5.41) is 4.27. The maximum atomic E-state index is 12.2. The normalized spacial score (nSPS) is 15.6. The van der Waals surface area contributed by atoms with Gasteiger partial charge in [-0.15, -0.1) is 11.3 Å². The van der Waals surface area contributed by atoms with Crippen LogP contribution in [0.3, 0.4) is 0 Å². The van der Waals surface area contributed by atoms with Crippen LogP contribution in [0.4, 0.5) is 0 Å². The van der Waals surface area contributed by atoms with Crippen LogP contribution in [0.2, 0.25) is 0 Å². The number of carbonyl (C=O) groups is 1. The third-order valence-corrected chi connectivity index (χ3v) is 6.45. The highest BCUT2D eigenvalue weighted by atomic mass is 32.1. The average Bonchev–Trinajstić information content (AvgIpc) is 2.98. The number of fused-ring (bicyclic) bond motifs is 2. The van der Waals surface area contributed by atoms with E-state index >= 15 is 0 Å². The zero-order valence-corrected chi connectivity index (χ0v) is 17.1. The van der Waals surface area contributed by atoms with E-state index < -0.39 is 0 Å². The minimum Gasteiger partial charge on any atom is -0.490 e. The fraction of sp³-hybridized carbons (Fsp3) is 0.545. The predicted molar refractivity (Wildman–Crippen MR) is 110 cm³/mol. The monoisotopic (exact) mass is 400 g/mol. The summed E-state index contributed by atoms with van der Waals surface area (Å²) in [6.07, 6.45) is 8.92. The van der Waals surface area contributed by atoms with Gasteiger partial charge in [0.1, 0.15) is 0 Å². The number of carbonyl (C=O) groups excluding carboxylic acids is 1. The Morgan fingerprint density at radius 2 is 1.93 bits per heavy atom. The second-order valence-electron chi connectivity index (χ2n) is 7.47. The minimum atomic E-state index is 0.102. The van der Waals surface area contributed by atoms with Crippen molar-refractivity contribution in [1.82, 2.24) is 10.3 Å². The molecule has 2 aliphatic rings. The third kappa shape index (κ3) is 5.04. The van der Waals surface area contributed by atoms with Gasteiger partial charge in [0.15, 0.2) is 11.5 Å². The molecule has 0 unspecified atom stereocenters. The van der Waals surface area contributed by atoms with E-state index in [-0.39, 0.29) is 5.91 Å². The number of aryl methyl sites for hydroxylation is 4. The van der Waals surface area contributed by atoms with E-state index in [1.165, 1.54) is 34.8 Å². The molecule has 1 aromatic carbocycles. The summed E-state index contributed by atoms with van der Waals surface area (Å²) in [6, 6.07) is 5.96. The average molecular weight is 401 g/mol. The number of thiazole rings is 1. The van der Waals surface area contributed by atoms with Crippen LogP contribution in [0.25, 0.3) is 0 Å². The molecule has 0 spiro atoms. The van der Waals surface area contributed by atoms with Gasteiger partial charge >= 0.3 is 0 Å². The lowest BCUT2D eigenvalue weighted by atomic mass is 10.0. The van der Waals surface area contributed by atoms with Gasteiger partial charge < -0.3 is 14.8 Å². The molecule has 1 N–H and O–H groups in total. The van der Waals surface area contributed by atoms with Crippen molar-refractivity contribution in [2.45, 2.75) is 57.8 Å². The molecule has 1 aromatic heterocycles. The van der Waals surface area contributed by atoms with Crippen molar-refractivity contribution in [3.8, 4) is 11.5 Å². The van der Waals surface area contributed by atoms with Gasteiger partial charge in [0.2, 0.25) is 5.91 Å². The highest BCUT2D eigenvalue weighted by Gasteiger charge is 2.15. The lowest BCUT2D eigenvalue weighted by molar-refractivity contribution is -0.121.